The molecule has 2 fully saturated rings. The van der Waals surface area contributed by atoms with Crippen molar-refractivity contribution >= 4 is 36.8 Å². The summed E-state index contributed by atoms with van der Waals surface area (Å²) in [5, 5.41) is 21.5. The fourth-order valence-electron chi connectivity index (χ4n) is 4.97. The van der Waals surface area contributed by atoms with Gasteiger partial charge in [-0.05, 0) is 0 Å². The van der Waals surface area contributed by atoms with Crippen LogP contribution in [0.25, 0.3) is 0 Å². The van der Waals surface area contributed by atoms with Crippen LogP contribution in [0.15, 0.2) is 15.0 Å². The second-order valence-corrected chi connectivity index (χ2v) is 11.1. The topological polar surface area (TPSA) is 136 Å². The number of nitrogens with two attached hydrogens (primary N) is 1. The normalized spacial score (nSPS) is 44.5. The van der Waals surface area contributed by atoms with Gasteiger partial charge in [0.15, 0.2) is 0 Å². The molecule has 0 aromatic heterocycles. The number of aliphatic hydroxyl groups excluding tert-OH is 2. The third-order valence-electron chi connectivity index (χ3n) is 6.02. The summed E-state index contributed by atoms with van der Waals surface area (Å²) in [4.78, 5) is 25.0. The molecule has 2 heterocycles. The second-order valence-electron chi connectivity index (χ2n) is 7.76. The first-order chi connectivity index (χ1) is 12.2. The van der Waals surface area contributed by atoms with Crippen molar-refractivity contribution in [1.29, 1.82) is 0 Å². The zero-order valence-electron chi connectivity index (χ0n) is 14.7. The third-order valence-corrected chi connectivity index (χ3v) is 8.43. The number of halogens is 1. The Balaban J connectivity index is 1.57. The first-order valence-corrected chi connectivity index (χ1v) is 11.7. The van der Waals surface area contributed by atoms with E-state index in [-0.39, 0.29) is 23.1 Å². The summed E-state index contributed by atoms with van der Waals surface area (Å²) in [5.74, 6) is 0.307. The van der Waals surface area contributed by atoms with Crippen molar-refractivity contribution in [2.45, 2.75) is 43.8 Å². The van der Waals surface area contributed by atoms with Gasteiger partial charge in [-0.3, -0.25) is 0 Å². The standard InChI is InChI=1S/C15H25ClN5O4P/c1-3-25-26(2,24)5-15-4-7(15)9(10(22)11(15)23)21-6-18-8-12(17)19-14(16)20-13(8)21/h6-11,13,22-24,26H,3-5H2,1-2H3,(H2,17,19,20)/t7-,8?,9-,10+,11+,13?,15-/m1/s1. The molecule has 11 heteroatoms. The van der Waals surface area contributed by atoms with E-state index in [1.807, 2.05) is 11.8 Å². The Morgan fingerprint density at radius 2 is 2.23 bits per heavy atom. The summed E-state index contributed by atoms with van der Waals surface area (Å²) >= 11 is 5.96. The van der Waals surface area contributed by atoms with Gasteiger partial charge in [0.2, 0.25) is 0 Å². The Kier molecular flexibility index (Phi) is 4.34. The third kappa shape index (κ3) is 2.68. The van der Waals surface area contributed by atoms with Gasteiger partial charge in [-0.1, -0.05) is 0 Å². The fourth-order valence-corrected chi connectivity index (χ4v) is 7.73. The van der Waals surface area contributed by atoms with Crippen molar-refractivity contribution in [3.63, 3.8) is 0 Å². The van der Waals surface area contributed by atoms with Crippen molar-refractivity contribution in [3.05, 3.63) is 0 Å². The monoisotopic (exact) mass is 405 g/mol. The molecule has 26 heavy (non-hydrogen) atoms. The number of fused-ring (bicyclic) bond motifs is 2. The van der Waals surface area contributed by atoms with Crippen LogP contribution in [0.1, 0.15) is 13.3 Å². The summed E-state index contributed by atoms with van der Waals surface area (Å²) < 4.78 is 5.53. The first-order valence-electron chi connectivity index (χ1n) is 8.81. The van der Waals surface area contributed by atoms with Crippen LogP contribution in [0.4, 0.5) is 0 Å². The molecule has 2 aliphatic carbocycles. The number of nitrogens with zero attached hydrogens (tertiary/aromatic N) is 4. The minimum absolute atomic E-state index is 0.0196. The van der Waals surface area contributed by atoms with Gasteiger partial charge in [-0.2, -0.15) is 0 Å². The molecular weight excluding hydrogens is 381 g/mol. The van der Waals surface area contributed by atoms with Crippen LogP contribution in [0.5, 0.6) is 0 Å². The van der Waals surface area contributed by atoms with E-state index < -0.39 is 37.5 Å². The molecule has 4 rings (SSSR count). The molecule has 2 unspecified atom stereocenters. The molecule has 0 aromatic carbocycles. The summed E-state index contributed by atoms with van der Waals surface area (Å²) in [7, 11) is -2.91. The van der Waals surface area contributed by atoms with Gasteiger partial charge in [0, 0.05) is 0 Å². The van der Waals surface area contributed by atoms with E-state index in [2.05, 4.69) is 15.0 Å². The Morgan fingerprint density at radius 3 is 2.92 bits per heavy atom. The molecule has 0 saturated heterocycles. The molecule has 0 radical (unpaired) electrons. The van der Waals surface area contributed by atoms with Gasteiger partial charge in [0.1, 0.15) is 0 Å². The Hall–Kier alpha value is -0.830. The summed E-state index contributed by atoms with van der Waals surface area (Å²) in [5.41, 5.74) is 5.38. The van der Waals surface area contributed by atoms with Crippen molar-refractivity contribution in [3.8, 4) is 0 Å². The molecule has 0 bridgehead atoms. The Morgan fingerprint density at radius 1 is 1.50 bits per heavy atom. The van der Waals surface area contributed by atoms with Crippen LogP contribution in [0.3, 0.4) is 0 Å². The summed E-state index contributed by atoms with van der Waals surface area (Å²) in [6.07, 6.45) is 0.351. The van der Waals surface area contributed by atoms with E-state index in [9.17, 15) is 15.1 Å². The van der Waals surface area contributed by atoms with E-state index in [0.29, 0.717) is 12.8 Å². The molecule has 7 atom stereocenters. The molecule has 2 aliphatic heterocycles. The van der Waals surface area contributed by atoms with Crippen molar-refractivity contribution < 1.29 is 19.6 Å². The molecule has 0 amide bonds. The van der Waals surface area contributed by atoms with Crippen molar-refractivity contribution in [2.24, 2.45) is 32.0 Å². The number of aliphatic hydroxyl groups is 2. The second kappa shape index (κ2) is 6.09. The predicted octanol–water partition coefficient (Wildman–Crippen LogP) is -0.661. The first kappa shape index (κ1) is 18.5. The number of aliphatic imine (C=N–C) groups is 3. The molecule has 2 saturated carbocycles. The van der Waals surface area contributed by atoms with Crippen molar-refractivity contribution in [2.75, 3.05) is 19.4 Å². The minimum atomic E-state index is -2.91. The summed E-state index contributed by atoms with van der Waals surface area (Å²) in [6, 6.07) is -0.800. The molecular formula is C15H25ClN5O4P. The number of amidine groups is 2. The Bertz CT molecular complexity index is 704. The molecule has 5 N–H and O–H groups in total. The molecule has 9 nitrogen and oxygen atoms in total. The van der Waals surface area contributed by atoms with Crippen LogP contribution in [-0.2, 0) is 4.52 Å². The van der Waals surface area contributed by atoms with Gasteiger partial charge >= 0.3 is 157 Å². The van der Waals surface area contributed by atoms with E-state index in [1.54, 1.807) is 13.0 Å². The number of hydrogen-bond donors (Lipinski definition) is 4. The zero-order valence-corrected chi connectivity index (χ0v) is 16.4. The average Bonchev–Trinajstić information content (AvgIpc) is 3.00. The van der Waals surface area contributed by atoms with Gasteiger partial charge in [-0.15, -0.1) is 0 Å². The van der Waals surface area contributed by atoms with Crippen molar-refractivity contribution in [1.82, 2.24) is 4.90 Å². The van der Waals surface area contributed by atoms with Gasteiger partial charge in [0.05, 0.1) is 0 Å². The fraction of sp³-hybridized carbons (Fsp3) is 0.800. The average molecular weight is 406 g/mol. The number of rotatable bonds is 5. The van der Waals surface area contributed by atoms with Crippen LogP contribution in [0, 0.1) is 11.3 Å². The quantitative estimate of drug-likeness (QED) is 0.354. The van der Waals surface area contributed by atoms with Crippen LogP contribution < -0.4 is 5.73 Å². The van der Waals surface area contributed by atoms with Crippen LogP contribution in [-0.4, -0.2) is 87.4 Å². The summed E-state index contributed by atoms with van der Waals surface area (Å²) in [6.45, 7) is 3.99. The zero-order chi connectivity index (χ0) is 18.9. The molecule has 0 spiro atoms. The van der Waals surface area contributed by atoms with E-state index in [4.69, 9.17) is 21.9 Å². The van der Waals surface area contributed by atoms with E-state index in [1.165, 1.54) is 0 Å². The van der Waals surface area contributed by atoms with E-state index in [0.717, 1.165) is 6.42 Å². The maximum atomic E-state index is 10.7. The maximum absolute atomic E-state index is 10.7. The van der Waals surface area contributed by atoms with Gasteiger partial charge in [-0.25, -0.2) is 0 Å². The molecule has 0 aromatic rings. The predicted molar refractivity (Wildman–Crippen MR) is 102 cm³/mol. The van der Waals surface area contributed by atoms with Gasteiger partial charge in [0.25, 0.3) is 0 Å². The van der Waals surface area contributed by atoms with Gasteiger partial charge < -0.3 is 0 Å². The van der Waals surface area contributed by atoms with Crippen LogP contribution in [0.2, 0.25) is 0 Å². The SMILES string of the molecule is CCO[PH](C)(O)C[C@]12C[C@@H]1[C@@H](N1C=NC3C(N)=NC(Cl)=NC31)[C@H](O)[C@@H]2O. The van der Waals surface area contributed by atoms with E-state index >= 15 is 0 Å². The molecule has 146 valence electrons. The number of hydrogen-bond acceptors (Lipinski definition) is 9. The van der Waals surface area contributed by atoms with Crippen LogP contribution >= 0.6 is 19.3 Å². The molecule has 4 aliphatic rings. The Labute approximate surface area is 157 Å².